The molecule has 5 heteroatoms. The van der Waals surface area contributed by atoms with Crippen LogP contribution in [0.1, 0.15) is 27.8 Å². The van der Waals surface area contributed by atoms with Gasteiger partial charge in [-0.25, -0.2) is 0 Å². The molecule has 0 bridgehead atoms. The molecule has 1 aliphatic rings. The molecule has 5 rings (SSSR count). The van der Waals surface area contributed by atoms with Crippen molar-refractivity contribution in [3.63, 3.8) is 0 Å². The summed E-state index contributed by atoms with van der Waals surface area (Å²) >= 11 is 0. The van der Waals surface area contributed by atoms with Crippen LogP contribution in [0.4, 0.5) is 0 Å². The zero-order chi connectivity index (χ0) is 23.5. The molecular formula is C29H25N3O2. The normalized spacial score (nSPS) is 15.1. The molecule has 0 saturated heterocycles. The van der Waals surface area contributed by atoms with E-state index in [1.54, 1.807) is 6.20 Å². The SMILES string of the molecule is C#Cc1cccc(Oc2cnc3ccccc3c2C2=NOC[C@@H](Cc3ccc(C)cc3C)N2)c1. The predicted octanol–water partition coefficient (Wildman–Crippen LogP) is 5.52. The van der Waals surface area contributed by atoms with Crippen LogP contribution in [0.3, 0.4) is 0 Å². The number of oxime groups is 1. The van der Waals surface area contributed by atoms with Crippen molar-refractivity contribution in [2.75, 3.05) is 6.61 Å². The van der Waals surface area contributed by atoms with Crippen molar-refractivity contribution in [2.45, 2.75) is 26.3 Å². The Kier molecular flexibility index (Phi) is 5.88. The van der Waals surface area contributed by atoms with Gasteiger partial charge in [0.25, 0.3) is 0 Å². The second-order valence-corrected chi connectivity index (χ2v) is 8.50. The number of pyridine rings is 1. The number of nitrogens with one attached hydrogen (secondary N) is 1. The van der Waals surface area contributed by atoms with E-state index in [0.717, 1.165) is 28.5 Å². The first-order valence-corrected chi connectivity index (χ1v) is 11.3. The zero-order valence-electron chi connectivity index (χ0n) is 19.2. The van der Waals surface area contributed by atoms with Gasteiger partial charge in [-0.15, -0.1) is 6.42 Å². The van der Waals surface area contributed by atoms with Gasteiger partial charge in [0.15, 0.2) is 11.6 Å². The highest BCUT2D eigenvalue weighted by Gasteiger charge is 2.24. The number of hydrogen-bond acceptors (Lipinski definition) is 5. The highest BCUT2D eigenvalue weighted by Crippen LogP contribution is 2.31. The summed E-state index contributed by atoms with van der Waals surface area (Å²) in [4.78, 5) is 10.3. The number of hydrogen-bond donors (Lipinski definition) is 1. The van der Waals surface area contributed by atoms with Crippen molar-refractivity contribution in [3.05, 3.63) is 101 Å². The van der Waals surface area contributed by atoms with Gasteiger partial charge in [0.05, 0.1) is 23.3 Å². The summed E-state index contributed by atoms with van der Waals surface area (Å²) in [7, 11) is 0. The van der Waals surface area contributed by atoms with Crippen LogP contribution in [0.15, 0.2) is 78.1 Å². The molecule has 1 N–H and O–H groups in total. The van der Waals surface area contributed by atoms with Gasteiger partial charge in [0, 0.05) is 10.9 Å². The summed E-state index contributed by atoms with van der Waals surface area (Å²) < 4.78 is 6.26. The molecule has 0 radical (unpaired) electrons. The van der Waals surface area contributed by atoms with Crippen LogP contribution < -0.4 is 10.1 Å². The minimum Gasteiger partial charge on any atom is -0.455 e. The van der Waals surface area contributed by atoms with E-state index >= 15 is 0 Å². The van der Waals surface area contributed by atoms with Crippen molar-refractivity contribution in [2.24, 2.45) is 5.16 Å². The second-order valence-electron chi connectivity index (χ2n) is 8.50. The van der Waals surface area contributed by atoms with Crippen LogP contribution in [0.25, 0.3) is 10.9 Å². The minimum atomic E-state index is 0.0680. The van der Waals surface area contributed by atoms with Crippen molar-refractivity contribution < 1.29 is 9.57 Å². The number of aryl methyl sites for hydroxylation is 2. The molecule has 2 heterocycles. The maximum absolute atomic E-state index is 6.26. The van der Waals surface area contributed by atoms with Crippen LogP contribution in [0.5, 0.6) is 11.5 Å². The van der Waals surface area contributed by atoms with E-state index in [-0.39, 0.29) is 6.04 Å². The van der Waals surface area contributed by atoms with Crippen molar-refractivity contribution in [1.82, 2.24) is 10.3 Å². The summed E-state index contributed by atoms with van der Waals surface area (Å²) in [5, 5.41) is 8.89. The van der Waals surface area contributed by atoms with Crippen molar-refractivity contribution >= 4 is 16.7 Å². The lowest BCUT2D eigenvalue weighted by Gasteiger charge is -2.26. The Balaban J connectivity index is 1.50. The standard InChI is InChI=1S/C29H25N3O2/c1-4-21-8-7-9-24(15-21)34-27-17-30-26-11-6-5-10-25(26)28(27)29-31-23(18-33-32-29)16-22-13-12-19(2)14-20(22)3/h1,5-15,17,23H,16,18H2,2-3H3,(H,31,32)/t23-/m1/s1. The predicted molar refractivity (Wildman–Crippen MR) is 135 cm³/mol. The van der Waals surface area contributed by atoms with Crippen LogP contribution in [-0.4, -0.2) is 23.5 Å². The molecule has 34 heavy (non-hydrogen) atoms. The maximum Gasteiger partial charge on any atom is 0.177 e. The third-order valence-electron chi connectivity index (χ3n) is 5.94. The molecule has 0 aliphatic carbocycles. The van der Waals surface area contributed by atoms with Gasteiger partial charge in [-0.2, -0.15) is 0 Å². The fourth-order valence-electron chi connectivity index (χ4n) is 4.24. The molecule has 1 atom stereocenters. The van der Waals surface area contributed by atoms with Crippen LogP contribution in [-0.2, 0) is 11.3 Å². The Morgan fingerprint density at radius 2 is 1.97 bits per heavy atom. The molecule has 3 aromatic carbocycles. The van der Waals surface area contributed by atoms with Gasteiger partial charge in [-0.1, -0.05) is 59.1 Å². The molecule has 168 valence electrons. The Labute approximate surface area is 199 Å². The monoisotopic (exact) mass is 447 g/mol. The van der Waals surface area contributed by atoms with Gasteiger partial charge in [0.1, 0.15) is 12.4 Å². The molecule has 0 fully saturated rings. The molecule has 0 spiro atoms. The van der Waals surface area contributed by atoms with Crippen LogP contribution in [0, 0.1) is 26.2 Å². The number of fused-ring (bicyclic) bond motifs is 1. The minimum absolute atomic E-state index is 0.0680. The van der Waals surface area contributed by atoms with Gasteiger partial charge in [-0.05, 0) is 55.7 Å². The topological polar surface area (TPSA) is 55.7 Å². The van der Waals surface area contributed by atoms with E-state index in [1.165, 1.54) is 16.7 Å². The molecule has 1 aliphatic heterocycles. The number of aromatic nitrogens is 1. The lowest BCUT2D eigenvalue weighted by atomic mass is 9.98. The molecule has 1 aromatic heterocycles. The van der Waals surface area contributed by atoms with E-state index in [9.17, 15) is 0 Å². The third kappa shape index (κ3) is 4.44. The van der Waals surface area contributed by atoms with Gasteiger partial charge in [0.2, 0.25) is 0 Å². The summed E-state index contributed by atoms with van der Waals surface area (Å²) in [6, 6.07) is 22.0. The number of amidine groups is 1. The summed E-state index contributed by atoms with van der Waals surface area (Å²) in [6.07, 6.45) is 8.12. The van der Waals surface area contributed by atoms with E-state index in [2.05, 4.69) is 53.4 Å². The fraction of sp³-hybridized carbons (Fsp3) is 0.172. The first kappa shape index (κ1) is 21.5. The first-order valence-electron chi connectivity index (χ1n) is 11.3. The summed E-state index contributed by atoms with van der Waals surface area (Å²) in [5.74, 6) is 4.49. The lowest BCUT2D eigenvalue weighted by Crippen LogP contribution is -2.43. The average Bonchev–Trinajstić information content (AvgIpc) is 2.86. The quantitative estimate of drug-likeness (QED) is 0.410. The smallest absolute Gasteiger partial charge is 0.177 e. The van der Waals surface area contributed by atoms with E-state index in [4.69, 9.17) is 16.0 Å². The summed E-state index contributed by atoms with van der Waals surface area (Å²) in [6.45, 7) is 4.74. The molecule has 0 saturated carbocycles. The third-order valence-corrected chi connectivity index (χ3v) is 5.94. The number of rotatable bonds is 5. The Morgan fingerprint density at radius 3 is 2.82 bits per heavy atom. The van der Waals surface area contributed by atoms with E-state index in [1.807, 2.05) is 48.5 Å². The van der Waals surface area contributed by atoms with Gasteiger partial charge < -0.3 is 14.9 Å². The second kappa shape index (κ2) is 9.29. The summed E-state index contributed by atoms with van der Waals surface area (Å²) in [5.41, 5.74) is 6.23. The highest BCUT2D eigenvalue weighted by atomic mass is 16.6. The first-order chi connectivity index (χ1) is 16.6. The molecule has 0 amide bonds. The Bertz CT molecular complexity index is 1440. The number of nitrogens with zero attached hydrogens (tertiary/aromatic N) is 2. The Hall–Kier alpha value is -4.30. The largest absolute Gasteiger partial charge is 0.455 e. The molecule has 5 nitrogen and oxygen atoms in total. The Morgan fingerprint density at radius 1 is 1.09 bits per heavy atom. The number of benzene rings is 3. The maximum atomic E-state index is 6.26. The molecule has 0 unspecified atom stereocenters. The van der Waals surface area contributed by atoms with Crippen LogP contribution in [0.2, 0.25) is 0 Å². The lowest BCUT2D eigenvalue weighted by molar-refractivity contribution is 0.109. The van der Waals surface area contributed by atoms with Crippen molar-refractivity contribution in [1.29, 1.82) is 0 Å². The zero-order valence-corrected chi connectivity index (χ0v) is 19.2. The molecular weight excluding hydrogens is 422 g/mol. The number of para-hydroxylation sites is 1. The fourth-order valence-corrected chi connectivity index (χ4v) is 4.24. The van der Waals surface area contributed by atoms with Crippen LogP contribution >= 0.6 is 0 Å². The van der Waals surface area contributed by atoms with Gasteiger partial charge >= 0.3 is 0 Å². The number of terminal acetylenes is 1. The average molecular weight is 448 g/mol. The van der Waals surface area contributed by atoms with E-state index in [0.29, 0.717) is 23.9 Å². The van der Waals surface area contributed by atoms with Gasteiger partial charge in [-0.3, -0.25) is 4.98 Å². The highest BCUT2D eigenvalue weighted by molar-refractivity contribution is 6.11. The molecule has 4 aromatic rings. The van der Waals surface area contributed by atoms with Crippen molar-refractivity contribution in [3.8, 4) is 23.8 Å². The number of ether oxygens (including phenoxy) is 1. The van der Waals surface area contributed by atoms with E-state index < -0.39 is 0 Å².